The molecule has 0 N–H and O–H groups in total. The third kappa shape index (κ3) is 3.22. The van der Waals surface area contributed by atoms with Crippen molar-refractivity contribution in [2.24, 2.45) is 0 Å². The van der Waals surface area contributed by atoms with Crippen molar-refractivity contribution in [3.63, 3.8) is 0 Å². The van der Waals surface area contributed by atoms with Crippen molar-refractivity contribution in [3.05, 3.63) is 62.5 Å². The highest BCUT2D eigenvalue weighted by atomic mass is 32.1. The number of aryl methyl sites for hydroxylation is 2. The SMILES string of the molecule is Cc1sc2nc(CN(C)C)n(C(C)C(=O)c3ccccc3)c(=O)c2c1C. The molecule has 0 radical (unpaired) electrons. The molecule has 2 aromatic heterocycles. The van der Waals surface area contributed by atoms with Gasteiger partial charge in [0.25, 0.3) is 5.56 Å². The molecule has 26 heavy (non-hydrogen) atoms. The highest BCUT2D eigenvalue weighted by Crippen LogP contribution is 2.27. The minimum absolute atomic E-state index is 0.0848. The van der Waals surface area contributed by atoms with Crippen molar-refractivity contribution < 1.29 is 4.79 Å². The van der Waals surface area contributed by atoms with Crippen LogP contribution in [0.25, 0.3) is 10.2 Å². The number of benzene rings is 1. The van der Waals surface area contributed by atoms with E-state index in [0.29, 0.717) is 23.3 Å². The van der Waals surface area contributed by atoms with Crippen LogP contribution in [0.15, 0.2) is 35.1 Å². The van der Waals surface area contributed by atoms with Gasteiger partial charge in [-0.3, -0.25) is 14.2 Å². The molecule has 5 nitrogen and oxygen atoms in total. The first-order valence-corrected chi connectivity index (χ1v) is 9.38. The summed E-state index contributed by atoms with van der Waals surface area (Å²) in [6.07, 6.45) is 0. The van der Waals surface area contributed by atoms with Crippen LogP contribution in [0.1, 0.15) is 39.6 Å². The fourth-order valence-corrected chi connectivity index (χ4v) is 4.14. The Morgan fingerprint density at radius 3 is 2.50 bits per heavy atom. The van der Waals surface area contributed by atoms with Gasteiger partial charge in [-0.2, -0.15) is 0 Å². The van der Waals surface area contributed by atoms with Gasteiger partial charge < -0.3 is 4.90 Å². The van der Waals surface area contributed by atoms with Gasteiger partial charge in [0.15, 0.2) is 5.78 Å². The van der Waals surface area contributed by atoms with Crippen LogP contribution in [-0.2, 0) is 6.54 Å². The van der Waals surface area contributed by atoms with Crippen molar-refractivity contribution >= 4 is 27.3 Å². The fourth-order valence-electron chi connectivity index (χ4n) is 3.10. The summed E-state index contributed by atoms with van der Waals surface area (Å²) in [5, 5.41) is 0.628. The maximum atomic E-state index is 13.3. The van der Waals surface area contributed by atoms with E-state index < -0.39 is 6.04 Å². The number of aromatic nitrogens is 2. The zero-order chi connectivity index (χ0) is 19.0. The molecule has 1 atom stereocenters. The van der Waals surface area contributed by atoms with Crippen LogP contribution in [0, 0.1) is 13.8 Å². The van der Waals surface area contributed by atoms with Crippen molar-refractivity contribution in [1.82, 2.24) is 14.5 Å². The van der Waals surface area contributed by atoms with E-state index in [4.69, 9.17) is 4.98 Å². The number of hydrogen-bond acceptors (Lipinski definition) is 5. The number of nitrogens with zero attached hydrogens (tertiary/aromatic N) is 3. The molecular formula is C20H23N3O2S. The molecule has 0 aliphatic carbocycles. The third-order valence-electron chi connectivity index (χ3n) is 4.59. The number of Topliss-reactive ketones (excluding diaryl/α,β-unsaturated/α-hetero) is 1. The fraction of sp³-hybridized carbons (Fsp3) is 0.350. The molecule has 3 aromatic rings. The van der Waals surface area contributed by atoms with E-state index in [0.717, 1.165) is 15.3 Å². The number of carbonyl (C=O) groups excluding carboxylic acids is 1. The lowest BCUT2D eigenvalue weighted by molar-refractivity contribution is 0.0929. The second-order valence-electron chi connectivity index (χ2n) is 6.81. The summed E-state index contributed by atoms with van der Waals surface area (Å²) in [5.41, 5.74) is 1.42. The van der Waals surface area contributed by atoms with Crippen molar-refractivity contribution in [2.75, 3.05) is 14.1 Å². The molecule has 0 saturated heterocycles. The van der Waals surface area contributed by atoms with E-state index in [1.54, 1.807) is 23.6 Å². The van der Waals surface area contributed by atoms with E-state index in [1.807, 2.05) is 51.0 Å². The van der Waals surface area contributed by atoms with Gasteiger partial charge in [-0.25, -0.2) is 4.98 Å². The number of hydrogen-bond donors (Lipinski definition) is 0. The van der Waals surface area contributed by atoms with E-state index in [-0.39, 0.29) is 11.3 Å². The minimum atomic E-state index is -0.614. The molecule has 136 valence electrons. The Hall–Kier alpha value is -2.31. The second-order valence-corrected chi connectivity index (χ2v) is 8.01. The first-order valence-electron chi connectivity index (χ1n) is 8.56. The molecule has 0 fully saturated rings. The van der Waals surface area contributed by atoms with Gasteiger partial charge in [0.05, 0.1) is 18.0 Å². The standard InChI is InChI=1S/C20H23N3O2S/c1-12-14(3)26-19-17(12)20(25)23(16(21-19)11-22(4)5)13(2)18(24)15-9-7-6-8-10-15/h6-10,13H,11H2,1-5H3. The highest BCUT2D eigenvalue weighted by molar-refractivity contribution is 7.18. The van der Waals surface area contributed by atoms with Gasteiger partial charge in [0, 0.05) is 10.4 Å². The molecule has 0 aliphatic rings. The van der Waals surface area contributed by atoms with Gasteiger partial charge in [-0.05, 0) is 40.4 Å². The van der Waals surface area contributed by atoms with Crippen molar-refractivity contribution in [1.29, 1.82) is 0 Å². The van der Waals surface area contributed by atoms with Gasteiger partial charge in [-0.1, -0.05) is 30.3 Å². The average molecular weight is 369 g/mol. The van der Waals surface area contributed by atoms with Gasteiger partial charge in [-0.15, -0.1) is 11.3 Å². The predicted molar refractivity (Wildman–Crippen MR) is 106 cm³/mol. The van der Waals surface area contributed by atoms with E-state index in [2.05, 4.69) is 0 Å². The first-order chi connectivity index (χ1) is 12.3. The van der Waals surface area contributed by atoms with Crippen LogP contribution in [-0.4, -0.2) is 34.3 Å². The Kier molecular flexibility index (Phi) is 5.07. The predicted octanol–water partition coefficient (Wildman–Crippen LogP) is 3.58. The van der Waals surface area contributed by atoms with Gasteiger partial charge in [0.1, 0.15) is 10.7 Å². The summed E-state index contributed by atoms with van der Waals surface area (Å²) in [4.78, 5) is 34.8. The Balaban J connectivity index is 2.22. The lowest BCUT2D eigenvalue weighted by Gasteiger charge is -2.20. The van der Waals surface area contributed by atoms with Gasteiger partial charge >= 0.3 is 0 Å². The van der Waals surface area contributed by atoms with E-state index in [1.165, 1.54) is 11.3 Å². The molecule has 0 amide bonds. The van der Waals surface area contributed by atoms with Crippen LogP contribution >= 0.6 is 11.3 Å². The zero-order valence-electron chi connectivity index (χ0n) is 15.7. The van der Waals surface area contributed by atoms with E-state index >= 15 is 0 Å². The smallest absolute Gasteiger partial charge is 0.263 e. The molecule has 0 spiro atoms. The lowest BCUT2D eigenvalue weighted by atomic mass is 10.0. The molecule has 2 heterocycles. The van der Waals surface area contributed by atoms with Crippen LogP contribution in [0.5, 0.6) is 0 Å². The molecule has 0 saturated carbocycles. The first kappa shape index (κ1) is 18.5. The molecule has 3 rings (SSSR count). The summed E-state index contributed by atoms with van der Waals surface area (Å²) < 4.78 is 1.57. The number of fused-ring (bicyclic) bond motifs is 1. The average Bonchev–Trinajstić information content (AvgIpc) is 2.88. The maximum Gasteiger partial charge on any atom is 0.263 e. The Morgan fingerprint density at radius 1 is 1.23 bits per heavy atom. The monoisotopic (exact) mass is 369 g/mol. The Bertz CT molecular complexity index is 1020. The molecule has 0 aliphatic heterocycles. The number of rotatable bonds is 5. The number of thiophene rings is 1. The van der Waals surface area contributed by atoms with Crippen LogP contribution < -0.4 is 5.56 Å². The molecule has 6 heteroatoms. The summed E-state index contributed by atoms with van der Waals surface area (Å²) >= 11 is 1.53. The molecule has 1 unspecified atom stereocenters. The summed E-state index contributed by atoms with van der Waals surface area (Å²) in [6, 6.07) is 8.48. The highest BCUT2D eigenvalue weighted by Gasteiger charge is 2.24. The summed E-state index contributed by atoms with van der Waals surface area (Å²) in [6.45, 7) is 6.21. The largest absolute Gasteiger partial charge is 0.302 e. The quantitative estimate of drug-likeness (QED) is 0.645. The van der Waals surface area contributed by atoms with E-state index in [9.17, 15) is 9.59 Å². The topological polar surface area (TPSA) is 55.2 Å². The second kappa shape index (κ2) is 7.13. The molecule has 0 bridgehead atoms. The zero-order valence-corrected chi connectivity index (χ0v) is 16.6. The van der Waals surface area contributed by atoms with Crippen LogP contribution in [0.2, 0.25) is 0 Å². The maximum absolute atomic E-state index is 13.3. The molecular weight excluding hydrogens is 346 g/mol. The van der Waals surface area contributed by atoms with Crippen LogP contribution in [0.3, 0.4) is 0 Å². The number of carbonyl (C=O) groups is 1. The Morgan fingerprint density at radius 2 is 1.88 bits per heavy atom. The molecule has 1 aromatic carbocycles. The van der Waals surface area contributed by atoms with Gasteiger partial charge in [0.2, 0.25) is 0 Å². The third-order valence-corrected chi connectivity index (χ3v) is 5.69. The van der Waals surface area contributed by atoms with Crippen molar-refractivity contribution in [2.45, 2.75) is 33.4 Å². The van der Waals surface area contributed by atoms with Crippen molar-refractivity contribution in [3.8, 4) is 0 Å². The summed E-state index contributed by atoms with van der Waals surface area (Å²) in [5.74, 6) is 0.531. The lowest BCUT2D eigenvalue weighted by Crippen LogP contribution is -2.33. The minimum Gasteiger partial charge on any atom is -0.302 e. The number of ketones is 1. The summed E-state index contributed by atoms with van der Waals surface area (Å²) in [7, 11) is 3.85. The normalized spacial score (nSPS) is 12.7. The van der Waals surface area contributed by atoms with Crippen LogP contribution in [0.4, 0.5) is 0 Å². The Labute approximate surface area is 156 Å².